The van der Waals surface area contributed by atoms with Crippen LogP contribution in [-0.2, 0) is 0 Å². The van der Waals surface area contributed by atoms with Gasteiger partial charge in [0.1, 0.15) is 10.5 Å². The van der Waals surface area contributed by atoms with E-state index in [4.69, 9.17) is 0 Å². The third-order valence-corrected chi connectivity index (χ3v) is 5.02. The molecule has 0 aromatic carbocycles. The van der Waals surface area contributed by atoms with Crippen molar-refractivity contribution >= 4 is 34.0 Å². The Hall–Kier alpha value is -3.76. The molecule has 192 valence electrons. The van der Waals surface area contributed by atoms with Gasteiger partial charge in [0, 0.05) is 37.0 Å². The normalized spacial score (nSPS) is 8.83. The van der Waals surface area contributed by atoms with Crippen LogP contribution in [0.4, 0.5) is 0 Å². The highest BCUT2D eigenvalue weighted by atomic mass is 32.1. The highest BCUT2D eigenvalue weighted by molar-refractivity contribution is 7.09. The summed E-state index contributed by atoms with van der Waals surface area (Å²) in [5, 5.41) is 28.2. The number of hydrogen-bond donors (Lipinski definition) is 0. The summed E-state index contributed by atoms with van der Waals surface area (Å²) in [6, 6.07) is 0. The largest absolute Gasteiger partial charge is 0.428 e. The van der Waals surface area contributed by atoms with Crippen LogP contribution in [0.15, 0.2) is 61.2 Å². The lowest BCUT2D eigenvalue weighted by Crippen LogP contribution is -1.66. The first-order valence-electron chi connectivity index (χ1n) is 10.0. The van der Waals surface area contributed by atoms with Crippen LogP contribution in [0.1, 0.15) is 32.6 Å². The average molecular weight is 551 g/mol. The maximum atomic E-state index is 4.61. The van der Waals surface area contributed by atoms with Crippen molar-refractivity contribution < 1.29 is 13.5 Å². The van der Waals surface area contributed by atoms with Crippen molar-refractivity contribution in [1.82, 2.24) is 50.6 Å². The first-order chi connectivity index (χ1) is 17.4. The fraction of sp³-hybridized carbons (Fsp3) is 0.300. The summed E-state index contributed by atoms with van der Waals surface area (Å²) >= 11 is 4.89. The maximum Gasteiger partial charge on any atom is 0.223 e. The highest BCUT2D eigenvalue weighted by Gasteiger charge is 1.81. The minimum Gasteiger partial charge on any atom is -0.428 e. The lowest BCUT2D eigenvalue weighted by Gasteiger charge is -1.65. The molecule has 0 spiro atoms. The van der Waals surface area contributed by atoms with Crippen molar-refractivity contribution in [1.29, 1.82) is 0 Å². The fourth-order valence-corrected chi connectivity index (χ4v) is 2.72. The van der Waals surface area contributed by atoms with Crippen LogP contribution in [0.3, 0.4) is 0 Å². The van der Waals surface area contributed by atoms with Crippen LogP contribution in [0.5, 0.6) is 0 Å². The highest BCUT2D eigenvalue weighted by Crippen LogP contribution is 1.99. The Morgan fingerprint density at radius 3 is 1.50 bits per heavy atom. The Balaban J connectivity index is 0.000000216. The summed E-state index contributed by atoms with van der Waals surface area (Å²) in [5.41, 5.74) is 1.72. The third-order valence-electron chi connectivity index (χ3n) is 2.99. The first-order valence-corrected chi connectivity index (χ1v) is 12.6. The van der Waals surface area contributed by atoms with Gasteiger partial charge in [-0.05, 0) is 27.7 Å². The van der Waals surface area contributed by atoms with Gasteiger partial charge in [0.2, 0.25) is 24.6 Å². The molecule has 0 aliphatic rings. The molecule has 0 fully saturated rings. The molecule has 6 aromatic rings. The molecule has 0 N–H and O–H groups in total. The molecule has 16 heteroatoms. The van der Waals surface area contributed by atoms with Crippen molar-refractivity contribution in [3.05, 3.63) is 80.4 Å². The van der Waals surface area contributed by atoms with E-state index < -0.39 is 0 Å². The number of thiazole rings is 2. The molecule has 0 aliphatic carbocycles. The lowest BCUT2D eigenvalue weighted by molar-refractivity contribution is 0.392. The summed E-state index contributed by atoms with van der Waals surface area (Å²) < 4.78 is 13.4. The minimum atomic E-state index is 0.606. The van der Waals surface area contributed by atoms with E-state index in [1.165, 1.54) is 19.1 Å². The summed E-state index contributed by atoms with van der Waals surface area (Å²) in [4.78, 5) is 15.1. The topological polar surface area (TPSA) is 168 Å². The Kier molecular flexibility index (Phi) is 16.4. The molecule has 0 saturated heterocycles. The molecule has 0 unspecified atom stereocenters. The van der Waals surface area contributed by atoms with Crippen LogP contribution < -0.4 is 0 Å². The quantitative estimate of drug-likeness (QED) is 0.251. The smallest absolute Gasteiger partial charge is 0.223 e. The van der Waals surface area contributed by atoms with Gasteiger partial charge < -0.3 is 13.5 Å². The van der Waals surface area contributed by atoms with Crippen LogP contribution >= 0.6 is 34.0 Å². The number of hydrogen-bond acceptors (Lipinski definition) is 16. The molecular weight excluding hydrogens is 524 g/mol. The summed E-state index contributed by atoms with van der Waals surface area (Å²) in [5.74, 6) is 1.89. The van der Waals surface area contributed by atoms with Crippen LogP contribution in [-0.4, -0.2) is 50.6 Å². The second-order valence-corrected chi connectivity index (χ2v) is 9.19. The zero-order chi connectivity index (χ0) is 26.4. The fourth-order valence-electron chi connectivity index (χ4n) is 1.50. The van der Waals surface area contributed by atoms with Gasteiger partial charge in [0.15, 0.2) is 12.2 Å². The molecule has 13 nitrogen and oxygen atoms in total. The summed E-state index contributed by atoms with van der Waals surface area (Å²) in [7, 11) is 0. The minimum absolute atomic E-state index is 0.606. The number of rotatable bonds is 0. The van der Waals surface area contributed by atoms with E-state index in [-0.39, 0.29) is 0 Å². The summed E-state index contributed by atoms with van der Waals surface area (Å²) in [6.07, 6.45) is 7.58. The number of aromatic nitrogens is 10. The van der Waals surface area contributed by atoms with Gasteiger partial charge in [-0.25, -0.2) is 0 Å². The maximum absolute atomic E-state index is 4.61. The van der Waals surface area contributed by atoms with Gasteiger partial charge >= 0.3 is 0 Å². The zero-order valence-electron chi connectivity index (χ0n) is 20.5. The predicted molar refractivity (Wildman–Crippen MR) is 135 cm³/mol. The van der Waals surface area contributed by atoms with E-state index in [2.05, 4.69) is 64.1 Å². The van der Waals surface area contributed by atoms with Crippen molar-refractivity contribution in [3.63, 3.8) is 0 Å². The SMILES string of the molecule is Cc1nccs1.Cc1nccs1.Cc1ncno1.Cc1ncon1.Cc1nnco1.Cc1nncs1. The van der Waals surface area contributed by atoms with Gasteiger partial charge in [-0.3, -0.25) is 9.97 Å². The third kappa shape index (κ3) is 17.7. The molecule has 36 heavy (non-hydrogen) atoms. The molecular formula is C20H26N10O3S3. The average Bonchev–Trinajstić information content (AvgIpc) is 3.67. The number of aryl methyl sites for hydroxylation is 6. The van der Waals surface area contributed by atoms with E-state index >= 15 is 0 Å². The van der Waals surface area contributed by atoms with E-state index in [1.54, 1.807) is 72.7 Å². The van der Waals surface area contributed by atoms with Gasteiger partial charge in [0.05, 0.1) is 10.0 Å². The van der Waals surface area contributed by atoms with Gasteiger partial charge in [0.25, 0.3) is 0 Å². The molecule has 0 atom stereocenters. The van der Waals surface area contributed by atoms with Crippen molar-refractivity contribution in [2.24, 2.45) is 0 Å². The molecule has 6 rings (SSSR count). The second-order valence-electron chi connectivity index (χ2n) is 5.96. The number of nitrogens with zero attached hydrogens (tertiary/aromatic N) is 10. The molecule has 0 amide bonds. The Morgan fingerprint density at radius 1 is 0.667 bits per heavy atom. The molecule has 6 aromatic heterocycles. The Labute approximate surface area is 219 Å². The van der Waals surface area contributed by atoms with Gasteiger partial charge in [-0.2, -0.15) is 9.97 Å². The van der Waals surface area contributed by atoms with Crippen molar-refractivity contribution in [3.8, 4) is 0 Å². The molecule has 0 bridgehead atoms. The van der Waals surface area contributed by atoms with Crippen LogP contribution in [0, 0.1) is 41.5 Å². The predicted octanol–water partition coefficient (Wildman–Crippen LogP) is 4.88. The molecule has 6 heterocycles. The summed E-state index contributed by atoms with van der Waals surface area (Å²) in [6.45, 7) is 11.2. The lowest BCUT2D eigenvalue weighted by atomic mass is 10.8. The second kappa shape index (κ2) is 19.5. The van der Waals surface area contributed by atoms with Crippen molar-refractivity contribution in [2.75, 3.05) is 0 Å². The van der Waals surface area contributed by atoms with Gasteiger partial charge in [-0.15, -0.1) is 54.4 Å². The van der Waals surface area contributed by atoms with Crippen LogP contribution in [0.2, 0.25) is 0 Å². The molecule has 0 aliphatic heterocycles. The Bertz CT molecular complexity index is 929. The molecule has 0 radical (unpaired) electrons. The van der Waals surface area contributed by atoms with Crippen molar-refractivity contribution in [2.45, 2.75) is 41.5 Å². The first kappa shape index (κ1) is 30.3. The Morgan fingerprint density at radius 2 is 1.36 bits per heavy atom. The van der Waals surface area contributed by atoms with Crippen LogP contribution in [0.25, 0.3) is 0 Å². The monoisotopic (exact) mass is 550 g/mol. The zero-order valence-corrected chi connectivity index (χ0v) is 23.0. The van der Waals surface area contributed by atoms with E-state index in [9.17, 15) is 0 Å². The van der Waals surface area contributed by atoms with E-state index in [1.807, 2.05) is 31.5 Å². The molecule has 0 saturated carbocycles. The van der Waals surface area contributed by atoms with E-state index in [0.717, 1.165) is 15.0 Å². The van der Waals surface area contributed by atoms with E-state index in [0.29, 0.717) is 17.6 Å². The van der Waals surface area contributed by atoms with Gasteiger partial charge in [-0.1, -0.05) is 10.3 Å². The standard InChI is InChI=1S/2C4H5NS.3C3H4N2O.C3H4N2S/c2*1-4-5-2-3-6-4;1-3-5-4-2-6-3;1-3-4-2-6-5-3;1-3-4-2-5-6-3;1-3-5-4-2-6-3/h2*2-3H,1H3;4*2H,1H3.